The highest BCUT2D eigenvalue weighted by molar-refractivity contribution is 5.77. The molecule has 7 heteroatoms. The fourth-order valence-corrected chi connectivity index (χ4v) is 2.20. The summed E-state index contributed by atoms with van der Waals surface area (Å²) in [7, 11) is 0. The normalized spacial score (nSPS) is 11.2. The smallest absolute Gasteiger partial charge is 0.340 e. The molecular formula is C18H13F3N4. The van der Waals surface area contributed by atoms with E-state index in [1.165, 1.54) is 18.2 Å². The van der Waals surface area contributed by atoms with Gasteiger partial charge >= 0.3 is 6.18 Å². The highest BCUT2D eigenvalue weighted by atomic mass is 19.4. The Kier molecular flexibility index (Phi) is 4.47. The first-order valence-electron chi connectivity index (χ1n) is 7.31. The van der Waals surface area contributed by atoms with Crippen molar-refractivity contribution in [2.45, 2.75) is 6.18 Å². The number of pyridine rings is 1. The van der Waals surface area contributed by atoms with E-state index >= 15 is 0 Å². The first-order valence-corrected chi connectivity index (χ1v) is 7.31. The summed E-state index contributed by atoms with van der Waals surface area (Å²) < 4.78 is 37.9. The molecule has 2 aromatic heterocycles. The molecule has 0 bridgehead atoms. The Bertz CT molecular complexity index is 872. The Morgan fingerprint density at radius 2 is 1.64 bits per heavy atom. The fourth-order valence-electron chi connectivity index (χ4n) is 2.20. The summed E-state index contributed by atoms with van der Waals surface area (Å²) in [6, 6.07) is 8.34. The summed E-state index contributed by atoms with van der Waals surface area (Å²) >= 11 is 0. The molecule has 0 saturated heterocycles. The van der Waals surface area contributed by atoms with Gasteiger partial charge in [-0.05, 0) is 42.5 Å². The van der Waals surface area contributed by atoms with Crippen molar-refractivity contribution in [2.24, 2.45) is 0 Å². The van der Waals surface area contributed by atoms with Crippen LogP contribution in [0.3, 0.4) is 0 Å². The van der Waals surface area contributed by atoms with E-state index < -0.39 is 11.7 Å². The molecule has 0 spiro atoms. The minimum atomic E-state index is -4.36. The fraction of sp³-hybridized carbons (Fsp3) is 0.0556. The lowest BCUT2D eigenvalue weighted by Crippen LogP contribution is -2.04. The number of hydrogen-bond acceptors (Lipinski definition) is 4. The van der Waals surface area contributed by atoms with E-state index in [4.69, 9.17) is 0 Å². The molecule has 0 radical (unpaired) electrons. The minimum Gasteiger partial charge on any atom is -0.340 e. The van der Waals surface area contributed by atoms with Crippen molar-refractivity contribution in [3.05, 3.63) is 73.0 Å². The van der Waals surface area contributed by atoms with Crippen molar-refractivity contribution in [3.8, 4) is 11.1 Å². The average molecular weight is 342 g/mol. The van der Waals surface area contributed by atoms with Gasteiger partial charge in [0, 0.05) is 35.4 Å². The van der Waals surface area contributed by atoms with Gasteiger partial charge in [0.05, 0.1) is 5.56 Å². The van der Waals surface area contributed by atoms with Crippen molar-refractivity contribution in [3.63, 3.8) is 0 Å². The summed E-state index contributed by atoms with van der Waals surface area (Å²) in [6.07, 6.45) is 2.04. The molecular weight excluding hydrogens is 329 g/mol. The molecule has 0 unspecified atom stereocenters. The van der Waals surface area contributed by atoms with E-state index in [1.54, 1.807) is 24.7 Å². The third kappa shape index (κ3) is 3.82. The average Bonchev–Trinajstić information content (AvgIpc) is 2.62. The number of hydrogen-bond donors (Lipinski definition) is 1. The van der Waals surface area contributed by atoms with E-state index in [-0.39, 0.29) is 0 Å². The maximum atomic E-state index is 12.6. The van der Waals surface area contributed by atoms with Gasteiger partial charge in [-0.15, -0.1) is 0 Å². The Hall–Kier alpha value is -3.22. The van der Waals surface area contributed by atoms with Crippen LogP contribution in [0.2, 0.25) is 0 Å². The van der Waals surface area contributed by atoms with Crippen LogP contribution in [0.15, 0.2) is 61.6 Å². The van der Waals surface area contributed by atoms with Gasteiger partial charge in [-0.25, -0.2) is 15.0 Å². The van der Waals surface area contributed by atoms with Gasteiger partial charge in [0.2, 0.25) is 0 Å². The van der Waals surface area contributed by atoms with E-state index in [9.17, 15) is 13.2 Å². The Labute approximate surface area is 142 Å². The van der Waals surface area contributed by atoms with Crippen LogP contribution in [0.4, 0.5) is 24.7 Å². The second-order valence-electron chi connectivity index (χ2n) is 5.13. The first-order chi connectivity index (χ1) is 12.0. The van der Waals surface area contributed by atoms with E-state index in [1.807, 2.05) is 6.07 Å². The number of alkyl halides is 3. The molecule has 0 saturated carbocycles. The summed E-state index contributed by atoms with van der Waals surface area (Å²) in [4.78, 5) is 12.6. The maximum Gasteiger partial charge on any atom is 0.416 e. The van der Waals surface area contributed by atoms with Gasteiger partial charge in [-0.2, -0.15) is 13.2 Å². The highest BCUT2D eigenvalue weighted by Crippen LogP contribution is 2.31. The first kappa shape index (κ1) is 16.6. The number of aromatic nitrogens is 3. The number of nitrogens with one attached hydrogen (secondary N) is 1. The third-order valence-corrected chi connectivity index (χ3v) is 3.45. The number of benzene rings is 1. The number of nitrogens with zero attached hydrogens (tertiary/aromatic N) is 3. The summed E-state index contributed by atoms with van der Waals surface area (Å²) in [5, 5.41) is 3.02. The maximum absolute atomic E-state index is 12.6. The Balaban J connectivity index is 1.89. The molecule has 4 nitrogen and oxygen atoms in total. The van der Waals surface area contributed by atoms with Crippen molar-refractivity contribution >= 4 is 17.6 Å². The van der Waals surface area contributed by atoms with Gasteiger partial charge in [0.25, 0.3) is 0 Å². The van der Waals surface area contributed by atoms with Gasteiger partial charge in [-0.3, -0.25) is 0 Å². The summed E-state index contributed by atoms with van der Waals surface area (Å²) in [5.41, 5.74) is 1.26. The Morgan fingerprint density at radius 3 is 2.24 bits per heavy atom. The summed E-state index contributed by atoms with van der Waals surface area (Å²) in [5.74, 6) is 1.00. The topological polar surface area (TPSA) is 50.7 Å². The zero-order valence-corrected chi connectivity index (χ0v) is 13.0. The molecule has 0 aliphatic rings. The van der Waals surface area contributed by atoms with Crippen molar-refractivity contribution in [2.75, 3.05) is 5.32 Å². The van der Waals surface area contributed by atoms with Gasteiger partial charge < -0.3 is 5.32 Å². The van der Waals surface area contributed by atoms with Crippen LogP contribution in [0.25, 0.3) is 17.2 Å². The van der Waals surface area contributed by atoms with E-state index in [0.29, 0.717) is 17.3 Å². The van der Waals surface area contributed by atoms with Crippen LogP contribution >= 0.6 is 0 Å². The van der Waals surface area contributed by atoms with Crippen LogP contribution in [0.1, 0.15) is 11.4 Å². The second kappa shape index (κ2) is 6.72. The predicted octanol–water partition coefficient (Wildman–Crippen LogP) is 4.94. The molecule has 0 aliphatic heterocycles. The van der Waals surface area contributed by atoms with Gasteiger partial charge in [-0.1, -0.05) is 6.58 Å². The molecule has 0 fully saturated rings. The molecule has 1 aromatic carbocycles. The summed E-state index contributed by atoms with van der Waals surface area (Å²) in [6.45, 7) is 3.60. The van der Waals surface area contributed by atoms with Crippen molar-refractivity contribution < 1.29 is 13.2 Å². The zero-order valence-electron chi connectivity index (χ0n) is 13.0. The third-order valence-electron chi connectivity index (χ3n) is 3.45. The molecule has 0 amide bonds. The molecule has 0 aliphatic carbocycles. The van der Waals surface area contributed by atoms with Crippen molar-refractivity contribution in [1.29, 1.82) is 0 Å². The molecule has 2 heterocycles. The SMILES string of the molecule is C=Cc1ncc(-c2cccnc2Nc2ccc(C(F)(F)F)cc2)cn1. The quantitative estimate of drug-likeness (QED) is 0.729. The number of rotatable bonds is 4. The predicted molar refractivity (Wildman–Crippen MR) is 90.1 cm³/mol. The number of anilines is 2. The van der Waals surface area contributed by atoms with Gasteiger partial charge in [0.15, 0.2) is 5.82 Å². The largest absolute Gasteiger partial charge is 0.416 e. The Morgan fingerprint density at radius 1 is 0.960 bits per heavy atom. The zero-order chi connectivity index (χ0) is 17.9. The second-order valence-corrected chi connectivity index (χ2v) is 5.13. The van der Waals surface area contributed by atoms with Crippen LogP contribution in [0.5, 0.6) is 0 Å². The van der Waals surface area contributed by atoms with Crippen LogP contribution in [-0.2, 0) is 6.18 Å². The number of halogens is 3. The lowest BCUT2D eigenvalue weighted by Gasteiger charge is -2.12. The van der Waals surface area contributed by atoms with Crippen LogP contribution < -0.4 is 5.32 Å². The lowest BCUT2D eigenvalue weighted by atomic mass is 10.1. The van der Waals surface area contributed by atoms with Gasteiger partial charge in [0.1, 0.15) is 5.82 Å². The van der Waals surface area contributed by atoms with E-state index in [2.05, 4.69) is 26.8 Å². The molecule has 0 atom stereocenters. The monoisotopic (exact) mass is 342 g/mol. The highest BCUT2D eigenvalue weighted by Gasteiger charge is 2.29. The van der Waals surface area contributed by atoms with Crippen LogP contribution in [-0.4, -0.2) is 15.0 Å². The molecule has 126 valence electrons. The molecule has 3 rings (SSSR count). The van der Waals surface area contributed by atoms with Crippen LogP contribution in [0, 0.1) is 0 Å². The van der Waals surface area contributed by atoms with E-state index in [0.717, 1.165) is 23.3 Å². The molecule has 25 heavy (non-hydrogen) atoms. The van der Waals surface area contributed by atoms with Crippen molar-refractivity contribution in [1.82, 2.24) is 15.0 Å². The molecule has 3 aromatic rings. The minimum absolute atomic E-state index is 0.497. The standard InChI is InChI=1S/C18H13F3N4/c1-2-16-23-10-12(11-24-16)15-4-3-9-22-17(15)25-14-7-5-13(6-8-14)18(19,20)21/h2-11H,1H2,(H,22,25). The lowest BCUT2D eigenvalue weighted by molar-refractivity contribution is -0.137. The molecule has 1 N–H and O–H groups in total.